The van der Waals surface area contributed by atoms with Gasteiger partial charge in [0.1, 0.15) is 0 Å². The summed E-state index contributed by atoms with van der Waals surface area (Å²) in [5, 5.41) is 2.76. The van der Waals surface area contributed by atoms with Gasteiger partial charge in [-0.25, -0.2) is 0 Å². The first kappa shape index (κ1) is 28.1. The molecule has 0 saturated carbocycles. The van der Waals surface area contributed by atoms with E-state index >= 15 is 0 Å². The zero-order valence-electron chi connectivity index (χ0n) is 24.0. The minimum absolute atomic E-state index is 0.0171. The zero-order chi connectivity index (χ0) is 26.9. The maximum absolute atomic E-state index is 4.79. The summed E-state index contributed by atoms with van der Waals surface area (Å²) in [6.45, 7) is 4.61. The molecule has 0 unspecified atom stereocenters. The van der Waals surface area contributed by atoms with Crippen LogP contribution >= 0.6 is 0 Å². The molecule has 2 heterocycles. The van der Waals surface area contributed by atoms with Crippen molar-refractivity contribution < 1.29 is 0 Å². The van der Waals surface area contributed by atoms with E-state index in [0.29, 0.717) is 6.04 Å². The molecular formula is C35H45N3Se. The Labute approximate surface area is 241 Å². The predicted molar refractivity (Wildman–Crippen MR) is 170 cm³/mol. The van der Waals surface area contributed by atoms with E-state index in [1.807, 2.05) is 0 Å². The summed E-state index contributed by atoms with van der Waals surface area (Å²) in [7, 11) is 0. The topological polar surface area (TPSA) is 30.7 Å². The first-order valence-corrected chi connectivity index (χ1v) is 17.1. The summed E-state index contributed by atoms with van der Waals surface area (Å²) >= 11 is -0.0171. The van der Waals surface area contributed by atoms with Crippen molar-refractivity contribution in [2.45, 2.75) is 110 Å². The molecule has 4 heteroatoms. The van der Waals surface area contributed by atoms with Crippen LogP contribution in [0.2, 0.25) is 0 Å². The molecule has 0 radical (unpaired) electrons. The molecule has 0 N–H and O–H groups in total. The molecular weight excluding hydrogens is 541 g/mol. The summed E-state index contributed by atoms with van der Waals surface area (Å²) in [5.74, 6) is 0. The molecule has 39 heavy (non-hydrogen) atoms. The van der Waals surface area contributed by atoms with Gasteiger partial charge in [0.2, 0.25) is 0 Å². The van der Waals surface area contributed by atoms with Gasteiger partial charge in [-0.3, -0.25) is 0 Å². The molecule has 5 rings (SSSR count). The van der Waals surface area contributed by atoms with E-state index in [9.17, 15) is 0 Å². The van der Waals surface area contributed by atoms with Crippen LogP contribution in [0.4, 0.5) is 0 Å². The number of aromatic nitrogens is 3. The van der Waals surface area contributed by atoms with Crippen molar-refractivity contribution in [3.8, 4) is 11.1 Å². The number of nitrogens with zero attached hydrogens (tertiary/aromatic N) is 3. The van der Waals surface area contributed by atoms with E-state index < -0.39 is 0 Å². The predicted octanol–water partition coefficient (Wildman–Crippen LogP) is 10.5. The number of rotatable bonds is 16. The van der Waals surface area contributed by atoms with Crippen LogP contribution in [0.5, 0.6) is 0 Å². The van der Waals surface area contributed by atoms with Crippen LogP contribution in [0.25, 0.3) is 44.0 Å². The van der Waals surface area contributed by atoms with Gasteiger partial charge in [0.05, 0.1) is 0 Å². The molecule has 0 spiro atoms. The van der Waals surface area contributed by atoms with Gasteiger partial charge < -0.3 is 0 Å². The zero-order valence-corrected chi connectivity index (χ0v) is 25.7. The van der Waals surface area contributed by atoms with Crippen molar-refractivity contribution >= 4 is 47.8 Å². The van der Waals surface area contributed by atoms with Crippen LogP contribution in [0, 0.1) is 0 Å². The van der Waals surface area contributed by atoms with Crippen molar-refractivity contribution in [3.05, 3.63) is 60.7 Å². The Kier molecular flexibility index (Phi) is 10.3. The average Bonchev–Trinajstić information content (AvgIpc) is 3.58. The Balaban J connectivity index is 1.49. The Morgan fingerprint density at radius 1 is 0.641 bits per heavy atom. The normalized spacial score (nSPS) is 12.0. The fourth-order valence-corrected chi connectivity index (χ4v) is 7.48. The molecule has 0 saturated heterocycles. The van der Waals surface area contributed by atoms with E-state index in [2.05, 4.69) is 83.1 Å². The van der Waals surface area contributed by atoms with Gasteiger partial charge in [0.15, 0.2) is 0 Å². The van der Waals surface area contributed by atoms with Gasteiger partial charge in [-0.2, -0.15) is 0 Å². The van der Waals surface area contributed by atoms with Gasteiger partial charge in [-0.05, 0) is 0 Å². The second-order valence-electron chi connectivity index (χ2n) is 11.3. The summed E-state index contributed by atoms with van der Waals surface area (Å²) < 4.78 is 12.1. The standard InChI is InChI=1S/C35H45N3Se/c1-3-5-7-9-11-13-18-28(19-14-12-10-8-6-4-2)38-33-23-16-15-20-30(33)31-25-24-27(26-34(31)38)29-21-17-22-32-35(29)37-39-36-32/h15-17,20-26,28H,3-14,18-19H2,1-2H3. The second kappa shape index (κ2) is 14.3. The monoisotopic (exact) mass is 587 g/mol. The molecule has 2 aromatic heterocycles. The summed E-state index contributed by atoms with van der Waals surface area (Å²) in [4.78, 5) is 0. The number of benzene rings is 3. The van der Waals surface area contributed by atoms with Crippen LogP contribution in [-0.2, 0) is 0 Å². The van der Waals surface area contributed by atoms with Gasteiger partial charge in [-0.1, -0.05) is 52.4 Å². The van der Waals surface area contributed by atoms with Crippen LogP contribution in [0.15, 0.2) is 60.7 Å². The van der Waals surface area contributed by atoms with Gasteiger partial charge >= 0.3 is 190 Å². The second-order valence-corrected chi connectivity index (χ2v) is 12.4. The quantitative estimate of drug-likeness (QED) is 0.0851. The van der Waals surface area contributed by atoms with E-state index in [-0.39, 0.29) is 15.0 Å². The molecule has 3 nitrogen and oxygen atoms in total. The SMILES string of the molecule is CCCCCCCCC(CCCCCCCC)n1c2ccccc2c2ccc(-c3cccc4n[se]nc34)cc21. The summed E-state index contributed by atoms with van der Waals surface area (Å²) in [5.41, 5.74) is 7.39. The third-order valence-corrected chi connectivity index (χ3v) is 9.59. The van der Waals surface area contributed by atoms with Gasteiger partial charge in [-0.15, -0.1) is 0 Å². The van der Waals surface area contributed by atoms with Crippen molar-refractivity contribution in [3.63, 3.8) is 0 Å². The molecule has 0 atom stereocenters. The van der Waals surface area contributed by atoms with Crippen LogP contribution < -0.4 is 0 Å². The Morgan fingerprint density at radius 2 is 1.31 bits per heavy atom. The van der Waals surface area contributed by atoms with Crippen molar-refractivity contribution in [1.82, 2.24) is 12.5 Å². The fourth-order valence-electron chi connectivity index (χ4n) is 6.32. The number of hydrogen-bond donors (Lipinski definition) is 0. The van der Waals surface area contributed by atoms with Crippen molar-refractivity contribution in [2.24, 2.45) is 0 Å². The third-order valence-electron chi connectivity index (χ3n) is 8.45. The Bertz CT molecular complexity index is 1450. The van der Waals surface area contributed by atoms with E-state index in [4.69, 9.17) is 3.98 Å². The molecule has 0 aliphatic carbocycles. The van der Waals surface area contributed by atoms with E-state index in [0.717, 1.165) is 11.0 Å². The first-order valence-electron chi connectivity index (χ1n) is 15.6. The molecule has 0 aliphatic rings. The maximum atomic E-state index is 4.79. The first-order chi connectivity index (χ1) is 19.3. The molecule has 206 valence electrons. The van der Waals surface area contributed by atoms with E-state index in [1.54, 1.807) is 0 Å². The molecule has 0 fully saturated rings. The number of para-hydroxylation sites is 1. The van der Waals surface area contributed by atoms with Crippen LogP contribution in [0.3, 0.4) is 0 Å². The molecule has 5 aromatic rings. The van der Waals surface area contributed by atoms with Crippen molar-refractivity contribution in [2.75, 3.05) is 0 Å². The van der Waals surface area contributed by atoms with Crippen molar-refractivity contribution in [1.29, 1.82) is 0 Å². The third kappa shape index (κ3) is 6.67. The van der Waals surface area contributed by atoms with Crippen LogP contribution in [-0.4, -0.2) is 27.5 Å². The molecule has 0 amide bonds. The summed E-state index contributed by atoms with van der Waals surface area (Å²) in [6.07, 6.45) is 18.8. The van der Waals surface area contributed by atoms with Crippen LogP contribution in [0.1, 0.15) is 110 Å². The molecule has 0 bridgehead atoms. The Morgan fingerprint density at radius 3 is 2.05 bits per heavy atom. The number of fused-ring (bicyclic) bond motifs is 4. The number of hydrogen-bond acceptors (Lipinski definition) is 2. The Hall–Kier alpha value is -2.42. The summed E-state index contributed by atoms with van der Waals surface area (Å²) in [6, 6.07) is 23.2. The fraction of sp³-hybridized carbons (Fsp3) is 0.486. The van der Waals surface area contributed by atoms with Gasteiger partial charge in [0.25, 0.3) is 0 Å². The molecule has 3 aromatic carbocycles. The van der Waals surface area contributed by atoms with E-state index in [1.165, 1.54) is 123 Å². The minimum atomic E-state index is -0.0171. The molecule has 0 aliphatic heterocycles. The average molecular weight is 587 g/mol. The van der Waals surface area contributed by atoms with Gasteiger partial charge in [0, 0.05) is 0 Å². The number of unbranched alkanes of at least 4 members (excludes halogenated alkanes) is 10.